The van der Waals surface area contributed by atoms with Crippen molar-refractivity contribution >= 4 is 35.7 Å². The quantitative estimate of drug-likeness (QED) is 0.165. The van der Waals surface area contributed by atoms with Crippen LogP contribution in [0.3, 0.4) is 0 Å². The number of H-pyrrole nitrogens is 1. The van der Waals surface area contributed by atoms with E-state index in [0.717, 1.165) is 6.07 Å². The molecule has 6 atom stereocenters. The number of aliphatic hydroxyl groups excluding tert-OH is 2. The maximum absolute atomic E-state index is 12.9. The van der Waals surface area contributed by atoms with E-state index in [1.54, 1.807) is 0 Å². The van der Waals surface area contributed by atoms with E-state index in [1.807, 2.05) is 4.98 Å². The van der Waals surface area contributed by atoms with E-state index in [2.05, 4.69) is 23.1 Å². The number of aromatic amines is 1. The number of aliphatic hydroxyl groups is 2. The minimum Gasteiger partial charge on any atom is -0.387 e. The zero-order chi connectivity index (χ0) is 27.3. The van der Waals surface area contributed by atoms with Gasteiger partial charge in [-0.05, 0) is 6.07 Å². The normalized spacial score (nSPS) is 26.6. The molecule has 3 rings (SSSR count). The number of alkyl halides is 3. The van der Waals surface area contributed by atoms with Crippen molar-refractivity contribution in [1.29, 1.82) is 0 Å². The molecular formula is C13H15F3N3O13P3S. The Morgan fingerprint density at radius 1 is 1.08 bits per heavy atom. The van der Waals surface area contributed by atoms with Crippen molar-refractivity contribution in [3.8, 4) is 11.5 Å². The Morgan fingerprint density at radius 2 is 1.72 bits per heavy atom. The van der Waals surface area contributed by atoms with Crippen molar-refractivity contribution in [2.45, 2.75) is 30.6 Å². The van der Waals surface area contributed by atoms with Crippen molar-refractivity contribution < 1.29 is 74.5 Å². The molecule has 0 aromatic heterocycles. The molecule has 0 aliphatic carbocycles. The summed E-state index contributed by atoms with van der Waals surface area (Å²) in [4.78, 5) is 45.1. The number of hydrogen-bond acceptors (Lipinski definition) is 12. The highest BCUT2D eigenvalue weighted by atomic mass is 32.1. The molecule has 0 radical (unpaired) electrons. The molecule has 36 heavy (non-hydrogen) atoms. The molecule has 1 saturated heterocycles. The maximum atomic E-state index is 12.9. The number of pyridine rings is 1. The standard InChI is InChI=1S/C13H15F3N3O13P3S/c14-13(15,16)7-2-17-5-1-4(12(36)19-11(5)18-7)10-9(21)8(20)6(30-10)3-29-34(25,26)32-35(27,28)31-33(22,23)24/h1-2,6,8-10,20-21H,3H2,(H,25,26)(H,27,28)(H,18,19,36)(H2,22,23,24)/t6-,8?,9+,10+/m1/s1. The molecule has 0 amide bonds. The van der Waals surface area contributed by atoms with Gasteiger partial charge in [-0.15, -0.1) is 0 Å². The number of phosphoric ester groups is 1. The van der Waals surface area contributed by atoms with E-state index in [9.17, 15) is 42.0 Å². The molecule has 3 aliphatic heterocycles. The third-order valence-electron chi connectivity index (χ3n) is 4.37. The van der Waals surface area contributed by atoms with Gasteiger partial charge in [-0.2, -0.15) is 21.8 Å². The van der Waals surface area contributed by atoms with Gasteiger partial charge in [0.15, 0.2) is 5.82 Å². The highest BCUT2D eigenvalue weighted by Gasteiger charge is 2.47. The molecular weight excluding hydrogens is 588 g/mol. The summed E-state index contributed by atoms with van der Waals surface area (Å²) in [6.45, 7) is -1.08. The molecule has 16 nitrogen and oxygen atoms in total. The van der Waals surface area contributed by atoms with Gasteiger partial charge in [0, 0.05) is 5.56 Å². The highest BCUT2D eigenvalue weighted by Crippen LogP contribution is 2.66. The van der Waals surface area contributed by atoms with Crippen LogP contribution in [0.5, 0.6) is 0 Å². The summed E-state index contributed by atoms with van der Waals surface area (Å²) >= 11 is 5.02. The second-order valence-electron chi connectivity index (χ2n) is 7.01. The van der Waals surface area contributed by atoms with Crippen LogP contribution < -0.4 is 0 Å². The first-order chi connectivity index (χ1) is 16.3. The molecule has 202 valence electrons. The molecule has 3 aliphatic rings. The summed E-state index contributed by atoms with van der Waals surface area (Å²) in [5, 5.41) is 20.5. The number of aromatic nitrogens is 3. The molecule has 23 heteroatoms. The van der Waals surface area contributed by atoms with E-state index in [-0.39, 0.29) is 21.7 Å². The van der Waals surface area contributed by atoms with Crippen LogP contribution in [0, 0.1) is 4.64 Å². The molecule has 3 unspecified atom stereocenters. The zero-order valence-electron chi connectivity index (χ0n) is 17.0. The van der Waals surface area contributed by atoms with Crippen LogP contribution in [0.25, 0.3) is 11.5 Å². The molecule has 0 aromatic carbocycles. The number of ether oxygens (including phenoxy) is 1. The van der Waals surface area contributed by atoms with Gasteiger partial charge in [0.25, 0.3) is 0 Å². The lowest BCUT2D eigenvalue weighted by Gasteiger charge is -2.19. The van der Waals surface area contributed by atoms with Crippen molar-refractivity contribution in [3.63, 3.8) is 0 Å². The van der Waals surface area contributed by atoms with Crippen molar-refractivity contribution in [3.05, 3.63) is 28.2 Å². The van der Waals surface area contributed by atoms with Crippen LogP contribution in [0.1, 0.15) is 17.4 Å². The van der Waals surface area contributed by atoms with Gasteiger partial charge in [-0.3, -0.25) is 9.51 Å². The number of halogens is 3. The number of fused-ring (bicyclic) bond motifs is 1. The largest absolute Gasteiger partial charge is 0.490 e. The summed E-state index contributed by atoms with van der Waals surface area (Å²) < 4.78 is 88.9. The monoisotopic (exact) mass is 603 g/mol. The average Bonchev–Trinajstić information content (AvgIpc) is 2.96. The van der Waals surface area contributed by atoms with Gasteiger partial charge in [0.1, 0.15) is 40.4 Å². The fourth-order valence-corrected chi connectivity index (χ4v) is 6.24. The van der Waals surface area contributed by atoms with Crippen molar-refractivity contribution in [1.82, 2.24) is 15.0 Å². The molecule has 0 aromatic rings. The van der Waals surface area contributed by atoms with Crippen LogP contribution >= 0.6 is 35.7 Å². The topological polar surface area (TPSA) is 251 Å². The number of phosphoric acid groups is 3. The Balaban J connectivity index is 1.76. The van der Waals surface area contributed by atoms with Crippen LogP contribution in [-0.2, 0) is 37.8 Å². The SMILES string of the molecule is O=P(O)(O)OP(=O)(O)OP(=O)(O)OC[C@H]1O[C@@H](c2cc3ncc(C(F)(F)F)[nH]c-3nc2=S)[C@@H](O)C1O. The molecule has 0 saturated carbocycles. The number of rotatable bonds is 8. The van der Waals surface area contributed by atoms with E-state index in [1.165, 1.54) is 0 Å². The fourth-order valence-electron chi connectivity index (χ4n) is 2.95. The smallest absolute Gasteiger partial charge is 0.387 e. The summed E-state index contributed by atoms with van der Waals surface area (Å²) in [5.74, 6) is -0.337. The summed E-state index contributed by atoms with van der Waals surface area (Å²) in [5.41, 5.74) is -1.41. The Hall–Kier alpha value is -1.21. The van der Waals surface area contributed by atoms with Gasteiger partial charge >= 0.3 is 29.6 Å². The molecule has 3 heterocycles. The second kappa shape index (κ2) is 10.2. The summed E-state index contributed by atoms with van der Waals surface area (Å²) in [6, 6.07) is 1.13. The van der Waals surface area contributed by atoms with Gasteiger partial charge in [-0.25, -0.2) is 18.7 Å². The van der Waals surface area contributed by atoms with E-state index in [4.69, 9.17) is 31.6 Å². The third-order valence-corrected chi connectivity index (χ3v) is 8.50. The van der Waals surface area contributed by atoms with Crippen molar-refractivity contribution in [2.24, 2.45) is 0 Å². The van der Waals surface area contributed by atoms with Crippen LogP contribution in [0.4, 0.5) is 13.2 Å². The predicted molar refractivity (Wildman–Crippen MR) is 108 cm³/mol. The molecule has 1 fully saturated rings. The number of hydrogen-bond donors (Lipinski definition) is 7. The fraction of sp³-hybridized carbons (Fsp3) is 0.462. The predicted octanol–water partition coefficient (Wildman–Crippen LogP) is 1.16. The Bertz CT molecular complexity index is 1310. The van der Waals surface area contributed by atoms with E-state index in [0.29, 0.717) is 6.20 Å². The van der Waals surface area contributed by atoms with Crippen LogP contribution in [0.15, 0.2) is 12.3 Å². The molecule has 0 bridgehead atoms. The van der Waals surface area contributed by atoms with Gasteiger partial charge in [-0.1, -0.05) is 12.2 Å². The van der Waals surface area contributed by atoms with E-state index >= 15 is 0 Å². The van der Waals surface area contributed by atoms with Gasteiger partial charge < -0.3 is 39.5 Å². The maximum Gasteiger partial charge on any atom is 0.490 e. The first kappa shape index (κ1) is 29.3. The number of nitrogens with zero attached hydrogens (tertiary/aromatic N) is 2. The Kier molecular flexibility index (Phi) is 8.28. The lowest BCUT2D eigenvalue weighted by molar-refractivity contribution is -0.141. The summed E-state index contributed by atoms with van der Waals surface area (Å²) in [7, 11) is -16.9. The van der Waals surface area contributed by atoms with E-state index < -0.39 is 66.4 Å². The minimum absolute atomic E-state index is 0.0921. The Morgan fingerprint density at radius 3 is 2.31 bits per heavy atom. The first-order valence-electron chi connectivity index (χ1n) is 9.05. The van der Waals surface area contributed by atoms with Crippen LogP contribution in [0.2, 0.25) is 0 Å². The van der Waals surface area contributed by atoms with Crippen molar-refractivity contribution in [2.75, 3.05) is 6.61 Å². The first-order valence-corrected chi connectivity index (χ1v) is 14.0. The van der Waals surface area contributed by atoms with Gasteiger partial charge in [0.05, 0.1) is 12.8 Å². The lowest BCUT2D eigenvalue weighted by Crippen LogP contribution is -2.33. The van der Waals surface area contributed by atoms with Crippen LogP contribution in [-0.4, -0.2) is 69.7 Å². The molecule has 0 spiro atoms. The zero-order valence-corrected chi connectivity index (χ0v) is 20.5. The van der Waals surface area contributed by atoms with Gasteiger partial charge in [0.2, 0.25) is 0 Å². The molecule has 7 N–H and O–H groups in total. The summed E-state index contributed by atoms with van der Waals surface area (Å²) in [6.07, 6.45) is -10.9. The lowest BCUT2D eigenvalue weighted by atomic mass is 10.0. The highest BCUT2D eigenvalue weighted by molar-refractivity contribution is 7.71. The number of nitrogens with one attached hydrogen (secondary N) is 1. The Labute approximate surface area is 202 Å². The third kappa shape index (κ3) is 7.21. The average molecular weight is 603 g/mol. The minimum atomic E-state index is -5.78. The second-order valence-corrected chi connectivity index (χ2v) is 11.8.